The number of hydrogen-bond donors (Lipinski definition) is 0. The van der Waals surface area contributed by atoms with E-state index in [2.05, 4.69) is 193 Å². The van der Waals surface area contributed by atoms with E-state index < -0.39 is 0 Å². The molecule has 0 aliphatic heterocycles. The lowest BCUT2D eigenvalue weighted by Gasteiger charge is -2.26. The van der Waals surface area contributed by atoms with Crippen LogP contribution in [0.3, 0.4) is 0 Å². The molecule has 9 aromatic carbocycles. The van der Waals surface area contributed by atoms with Gasteiger partial charge in [0.05, 0.1) is 0 Å². The number of anilines is 3. The number of thiophene rings is 2. The van der Waals surface area contributed by atoms with Gasteiger partial charge in [-0.25, -0.2) is 0 Å². The fraction of sp³-hybridized carbons (Fsp3) is 0. The molecule has 0 N–H and O–H groups in total. The standard InChI is InChI=1S/C50H31NS2/c1-2-12-32(13-3-1)49-43-18-6-4-14-37(43)38-15-5-7-19-44(38)50(49)33-22-24-34(25-23-33)51(35-26-28-41-39-16-8-10-20-45(39)52-47(41)30-35)36-27-29-42-40-17-9-11-21-46(40)53-48(42)31-36/h1-31H. The first-order valence-corrected chi connectivity index (χ1v) is 19.6. The van der Waals surface area contributed by atoms with Crippen LogP contribution >= 0.6 is 22.7 Å². The van der Waals surface area contributed by atoms with Crippen molar-refractivity contribution in [2.45, 2.75) is 0 Å². The smallest absolute Gasteiger partial charge is 0.0476 e. The second-order valence-electron chi connectivity index (χ2n) is 13.6. The summed E-state index contributed by atoms with van der Waals surface area (Å²) in [6.45, 7) is 0. The van der Waals surface area contributed by atoms with E-state index in [-0.39, 0.29) is 0 Å². The molecule has 0 saturated heterocycles. The Labute approximate surface area is 315 Å². The molecule has 3 heteroatoms. The SMILES string of the molecule is c1ccc(-c2c(-c3ccc(N(c4ccc5c(c4)sc4ccccc45)c4ccc5c(c4)sc4ccccc45)cc3)c3ccccc3c3ccccc23)cc1. The molecule has 0 bridgehead atoms. The van der Waals surface area contributed by atoms with Gasteiger partial charge in [0.1, 0.15) is 0 Å². The highest BCUT2D eigenvalue weighted by molar-refractivity contribution is 7.26. The highest BCUT2D eigenvalue weighted by Gasteiger charge is 2.20. The van der Waals surface area contributed by atoms with Crippen molar-refractivity contribution in [1.82, 2.24) is 0 Å². The molecule has 53 heavy (non-hydrogen) atoms. The molecule has 0 radical (unpaired) electrons. The molecule has 0 atom stereocenters. The topological polar surface area (TPSA) is 3.24 Å². The van der Waals surface area contributed by atoms with E-state index >= 15 is 0 Å². The van der Waals surface area contributed by atoms with Crippen molar-refractivity contribution in [3.63, 3.8) is 0 Å². The van der Waals surface area contributed by atoms with Crippen molar-refractivity contribution in [3.05, 3.63) is 188 Å². The molecular weight excluding hydrogens is 679 g/mol. The molecule has 0 aliphatic rings. The van der Waals surface area contributed by atoms with E-state index in [1.165, 1.54) is 84.1 Å². The second kappa shape index (κ2) is 12.2. The summed E-state index contributed by atoms with van der Waals surface area (Å²) < 4.78 is 5.23. The van der Waals surface area contributed by atoms with Crippen LogP contribution in [0.25, 0.3) is 84.1 Å². The third-order valence-electron chi connectivity index (χ3n) is 10.7. The lowest BCUT2D eigenvalue weighted by molar-refractivity contribution is 1.30. The van der Waals surface area contributed by atoms with Crippen LogP contribution in [-0.4, -0.2) is 0 Å². The number of nitrogens with zero attached hydrogens (tertiary/aromatic N) is 1. The molecule has 0 amide bonds. The summed E-state index contributed by atoms with van der Waals surface area (Å²) >= 11 is 3.73. The van der Waals surface area contributed by atoms with Crippen molar-refractivity contribution in [3.8, 4) is 22.3 Å². The molecule has 1 nitrogen and oxygen atoms in total. The lowest BCUT2D eigenvalue weighted by atomic mass is 9.85. The summed E-state index contributed by atoms with van der Waals surface area (Å²) in [4.78, 5) is 2.42. The fourth-order valence-corrected chi connectivity index (χ4v) is 10.6. The highest BCUT2D eigenvalue weighted by Crippen LogP contribution is 2.47. The largest absolute Gasteiger partial charge is 0.310 e. The van der Waals surface area contributed by atoms with Gasteiger partial charge in [0.25, 0.3) is 0 Å². The Kier molecular flexibility index (Phi) is 6.97. The molecule has 248 valence electrons. The summed E-state index contributed by atoms with van der Waals surface area (Å²) in [5, 5.41) is 10.3. The molecule has 0 unspecified atom stereocenters. The van der Waals surface area contributed by atoms with Gasteiger partial charge in [0.2, 0.25) is 0 Å². The maximum absolute atomic E-state index is 2.42. The number of hydrogen-bond acceptors (Lipinski definition) is 3. The zero-order valence-corrected chi connectivity index (χ0v) is 30.3. The predicted octanol–water partition coefficient (Wildman–Crippen LogP) is 15.5. The fourth-order valence-electron chi connectivity index (χ4n) is 8.28. The van der Waals surface area contributed by atoms with Crippen LogP contribution in [0.2, 0.25) is 0 Å². The predicted molar refractivity (Wildman–Crippen MR) is 233 cm³/mol. The third-order valence-corrected chi connectivity index (χ3v) is 12.9. The molecular formula is C50H31NS2. The van der Waals surface area contributed by atoms with E-state index in [9.17, 15) is 0 Å². The average molecular weight is 710 g/mol. The Balaban J connectivity index is 1.12. The maximum Gasteiger partial charge on any atom is 0.0476 e. The normalized spacial score (nSPS) is 11.8. The summed E-state index contributed by atoms with van der Waals surface area (Å²) in [6.07, 6.45) is 0. The summed E-state index contributed by atoms with van der Waals surface area (Å²) in [5.74, 6) is 0. The minimum Gasteiger partial charge on any atom is -0.310 e. The first kappa shape index (κ1) is 30.4. The van der Waals surface area contributed by atoms with Gasteiger partial charge in [-0.3, -0.25) is 0 Å². The van der Waals surface area contributed by atoms with Crippen LogP contribution in [0.5, 0.6) is 0 Å². The van der Waals surface area contributed by atoms with Crippen LogP contribution in [-0.2, 0) is 0 Å². The minimum atomic E-state index is 1.13. The van der Waals surface area contributed by atoms with Crippen LogP contribution in [0, 0.1) is 0 Å². The van der Waals surface area contributed by atoms with Gasteiger partial charge in [-0.2, -0.15) is 0 Å². The third kappa shape index (κ3) is 4.89. The van der Waals surface area contributed by atoms with E-state index in [4.69, 9.17) is 0 Å². The molecule has 2 aromatic heterocycles. The van der Waals surface area contributed by atoms with Gasteiger partial charge in [0.15, 0.2) is 0 Å². The van der Waals surface area contributed by atoms with Gasteiger partial charge >= 0.3 is 0 Å². The second-order valence-corrected chi connectivity index (χ2v) is 15.8. The van der Waals surface area contributed by atoms with Gasteiger partial charge < -0.3 is 4.90 Å². The maximum atomic E-state index is 2.42. The molecule has 2 heterocycles. The molecule has 0 fully saturated rings. The summed E-state index contributed by atoms with van der Waals surface area (Å²) in [6, 6.07) is 69.2. The van der Waals surface area contributed by atoms with E-state index in [0.717, 1.165) is 17.1 Å². The van der Waals surface area contributed by atoms with Gasteiger partial charge in [-0.05, 0) is 92.3 Å². The van der Waals surface area contributed by atoms with Crippen molar-refractivity contribution in [1.29, 1.82) is 0 Å². The lowest BCUT2D eigenvalue weighted by Crippen LogP contribution is -2.09. The average Bonchev–Trinajstić information content (AvgIpc) is 3.79. The Morgan fingerprint density at radius 3 is 1.15 bits per heavy atom. The van der Waals surface area contributed by atoms with Gasteiger partial charge in [-0.15, -0.1) is 22.7 Å². The van der Waals surface area contributed by atoms with Crippen molar-refractivity contribution < 1.29 is 0 Å². The molecule has 11 rings (SSSR count). The first-order valence-electron chi connectivity index (χ1n) is 18.0. The Morgan fingerprint density at radius 1 is 0.264 bits per heavy atom. The van der Waals surface area contributed by atoms with Crippen molar-refractivity contribution in [2.75, 3.05) is 4.90 Å². The quantitative estimate of drug-likeness (QED) is 0.161. The van der Waals surface area contributed by atoms with Crippen LogP contribution in [0.4, 0.5) is 17.1 Å². The van der Waals surface area contributed by atoms with Gasteiger partial charge in [0, 0.05) is 57.4 Å². The Hall–Kier alpha value is -6.26. The van der Waals surface area contributed by atoms with Crippen LogP contribution in [0.1, 0.15) is 0 Å². The number of fused-ring (bicyclic) bond motifs is 9. The highest BCUT2D eigenvalue weighted by atomic mass is 32.1. The van der Waals surface area contributed by atoms with Crippen molar-refractivity contribution >= 4 is 102 Å². The van der Waals surface area contributed by atoms with E-state index in [1.54, 1.807) is 0 Å². The summed E-state index contributed by atoms with van der Waals surface area (Å²) in [7, 11) is 0. The number of benzene rings is 9. The van der Waals surface area contributed by atoms with E-state index in [0.29, 0.717) is 0 Å². The molecule has 11 aromatic rings. The molecule has 0 spiro atoms. The number of rotatable bonds is 5. The van der Waals surface area contributed by atoms with E-state index in [1.807, 2.05) is 22.7 Å². The monoisotopic (exact) mass is 709 g/mol. The molecule has 0 aliphatic carbocycles. The van der Waals surface area contributed by atoms with Crippen molar-refractivity contribution in [2.24, 2.45) is 0 Å². The van der Waals surface area contributed by atoms with Crippen LogP contribution in [0.15, 0.2) is 188 Å². The van der Waals surface area contributed by atoms with Gasteiger partial charge in [-0.1, -0.05) is 140 Å². The van der Waals surface area contributed by atoms with Crippen LogP contribution < -0.4 is 4.90 Å². The Bertz CT molecular complexity index is 3060. The Morgan fingerprint density at radius 2 is 0.642 bits per heavy atom. The summed E-state index contributed by atoms with van der Waals surface area (Å²) in [5.41, 5.74) is 8.40. The zero-order valence-electron chi connectivity index (χ0n) is 28.7. The first-order chi connectivity index (χ1) is 26.3. The molecule has 0 saturated carbocycles. The minimum absolute atomic E-state index is 1.13. The zero-order chi connectivity index (χ0) is 34.9.